The van der Waals surface area contributed by atoms with Crippen molar-refractivity contribution in [3.05, 3.63) is 58.7 Å². The lowest BCUT2D eigenvalue weighted by molar-refractivity contribution is -0.141. The molecule has 0 aromatic heterocycles. The van der Waals surface area contributed by atoms with E-state index >= 15 is 0 Å². The Hall–Kier alpha value is -3.56. The molecule has 2 heterocycles. The van der Waals surface area contributed by atoms with E-state index in [1.807, 2.05) is 31.2 Å². The van der Waals surface area contributed by atoms with Gasteiger partial charge in [-0.05, 0) is 56.4 Å². The molecular formula is C34H47N3O10S. The molecule has 13 nitrogen and oxygen atoms in total. The van der Waals surface area contributed by atoms with Gasteiger partial charge in [0.2, 0.25) is 11.8 Å². The molecule has 2 aliphatic rings. The molecule has 3 amide bonds. The minimum Gasteiger partial charge on any atom is -0.508 e. The number of carbonyl (C=O) groups excluding carboxylic acids is 3. The average Bonchev–Trinajstić information content (AvgIpc) is 3.06. The normalized spacial score (nSPS) is 23.0. The number of piperazine rings is 1. The summed E-state index contributed by atoms with van der Waals surface area (Å²) in [6.07, 6.45) is -2.70. The number of phenols is 1. The molecule has 0 radical (unpaired) electrons. The molecule has 0 saturated carbocycles. The van der Waals surface area contributed by atoms with Crippen LogP contribution in [-0.4, -0.2) is 128 Å². The van der Waals surface area contributed by atoms with E-state index in [1.54, 1.807) is 29.7 Å². The first-order valence-corrected chi connectivity index (χ1v) is 17.0. The fourth-order valence-corrected chi connectivity index (χ4v) is 7.18. The first-order valence-electron chi connectivity index (χ1n) is 16.0. The van der Waals surface area contributed by atoms with Gasteiger partial charge < -0.3 is 50.1 Å². The van der Waals surface area contributed by atoms with Crippen LogP contribution < -0.4 is 10.1 Å². The molecular weight excluding hydrogens is 642 g/mol. The van der Waals surface area contributed by atoms with Crippen molar-refractivity contribution < 1.29 is 49.4 Å². The van der Waals surface area contributed by atoms with Gasteiger partial charge in [0.1, 0.15) is 29.2 Å². The molecule has 0 aliphatic carbocycles. The third-order valence-corrected chi connectivity index (χ3v) is 10.2. The zero-order valence-electron chi connectivity index (χ0n) is 27.8. The van der Waals surface area contributed by atoms with Crippen LogP contribution in [0.2, 0.25) is 0 Å². The molecule has 2 aromatic carbocycles. The predicted molar refractivity (Wildman–Crippen MR) is 179 cm³/mol. The number of benzene rings is 2. The van der Waals surface area contributed by atoms with Gasteiger partial charge in [-0.2, -0.15) is 0 Å². The highest BCUT2D eigenvalue weighted by Gasteiger charge is 2.44. The number of ether oxygens (including phenoxy) is 2. The number of aliphatic hydroxyl groups is 4. The molecule has 264 valence electrons. The van der Waals surface area contributed by atoms with Gasteiger partial charge in [0, 0.05) is 50.7 Å². The molecule has 4 rings (SSSR count). The summed E-state index contributed by atoms with van der Waals surface area (Å²) in [7, 11) is 1.32. The molecule has 2 saturated heterocycles. The van der Waals surface area contributed by atoms with E-state index in [1.165, 1.54) is 13.2 Å². The molecule has 48 heavy (non-hydrogen) atoms. The molecule has 2 aromatic rings. The summed E-state index contributed by atoms with van der Waals surface area (Å²) in [5.74, 6) is -0.120. The molecule has 0 unspecified atom stereocenters. The Balaban J connectivity index is 1.29. The zero-order chi connectivity index (χ0) is 35.2. The standard InChI is InChI=1S/C34H47N3O10S/c1-20-16-23(39)18-25(47-31-30(43)29(42)28(41)26(19-38)48-31)24(20)17-22-10-8-21(9-11-22)6-5-7-27(40)35-34(2,3)32(44)36-12-14-37(15-13-36)33(45)46-4/h8-11,16,18,26,28-31,38-39,41-43H,5-7,12-15,17,19H2,1-4H3,(H,35,40)/t26-,28-,29+,30-,31-/m1/s1. The average molecular weight is 690 g/mol. The quantitative estimate of drug-likeness (QED) is 0.200. The second kappa shape index (κ2) is 16.2. The number of hydrogen-bond donors (Lipinski definition) is 6. The predicted octanol–water partition coefficient (Wildman–Crippen LogP) is 1.31. The van der Waals surface area contributed by atoms with Gasteiger partial charge in [-0.3, -0.25) is 9.59 Å². The largest absolute Gasteiger partial charge is 0.508 e. The van der Waals surface area contributed by atoms with E-state index in [0.29, 0.717) is 51.2 Å². The number of hydrogen-bond acceptors (Lipinski definition) is 11. The first kappa shape index (κ1) is 37.3. The summed E-state index contributed by atoms with van der Waals surface area (Å²) in [4.78, 5) is 40.8. The summed E-state index contributed by atoms with van der Waals surface area (Å²) in [5, 5.41) is 52.9. The number of aromatic hydroxyl groups is 1. The topological polar surface area (TPSA) is 189 Å². The van der Waals surface area contributed by atoms with E-state index in [0.717, 1.165) is 34.0 Å². The van der Waals surface area contributed by atoms with Gasteiger partial charge in [0.25, 0.3) is 0 Å². The fraction of sp³-hybridized carbons (Fsp3) is 0.559. The number of aryl methyl sites for hydroxylation is 2. The Labute approximate surface area is 284 Å². The van der Waals surface area contributed by atoms with Crippen LogP contribution in [-0.2, 0) is 27.2 Å². The minimum absolute atomic E-state index is 0.0218. The maximum absolute atomic E-state index is 13.1. The van der Waals surface area contributed by atoms with Crippen LogP contribution in [0.1, 0.15) is 48.9 Å². The molecule has 2 fully saturated rings. The van der Waals surface area contributed by atoms with E-state index in [-0.39, 0.29) is 24.0 Å². The second-order valence-corrected chi connectivity index (χ2v) is 14.2. The number of aliphatic hydroxyl groups excluding tert-OH is 4. The van der Waals surface area contributed by atoms with Crippen LogP contribution in [0.3, 0.4) is 0 Å². The van der Waals surface area contributed by atoms with Gasteiger partial charge in [-0.25, -0.2) is 4.79 Å². The van der Waals surface area contributed by atoms with Crippen molar-refractivity contribution in [2.45, 2.75) is 81.0 Å². The van der Waals surface area contributed by atoms with Crippen LogP contribution >= 0.6 is 11.8 Å². The van der Waals surface area contributed by atoms with Gasteiger partial charge in [0.15, 0.2) is 5.44 Å². The number of nitrogens with zero attached hydrogens (tertiary/aromatic N) is 2. The van der Waals surface area contributed by atoms with Crippen molar-refractivity contribution in [2.24, 2.45) is 0 Å². The Morgan fingerprint density at radius 2 is 1.58 bits per heavy atom. The van der Waals surface area contributed by atoms with Crippen LogP contribution in [0.5, 0.6) is 11.5 Å². The maximum atomic E-state index is 13.1. The van der Waals surface area contributed by atoms with Crippen molar-refractivity contribution in [3.63, 3.8) is 0 Å². The Morgan fingerprint density at radius 1 is 0.958 bits per heavy atom. The summed E-state index contributed by atoms with van der Waals surface area (Å²) in [6.45, 7) is 6.27. The smallest absolute Gasteiger partial charge is 0.409 e. The van der Waals surface area contributed by atoms with Crippen molar-refractivity contribution in [1.82, 2.24) is 15.1 Å². The summed E-state index contributed by atoms with van der Waals surface area (Å²) in [6, 6.07) is 11.0. The third kappa shape index (κ3) is 9.11. The number of thioether (sulfide) groups is 1. The monoisotopic (exact) mass is 689 g/mol. The summed E-state index contributed by atoms with van der Waals surface area (Å²) < 4.78 is 10.8. The molecule has 5 atom stereocenters. The summed E-state index contributed by atoms with van der Waals surface area (Å²) in [5.41, 5.74) is 1.47. The number of phenolic OH excluding ortho intramolecular Hbond substituents is 1. The van der Waals surface area contributed by atoms with Crippen molar-refractivity contribution >= 4 is 29.7 Å². The number of methoxy groups -OCH3 is 1. The van der Waals surface area contributed by atoms with Gasteiger partial charge in [-0.15, -0.1) is 11.8 Å². The fourth-order valence-electron chi connectivity index (χ4n) is 5.95. The Morgan fingerprint density at radius 3 is 2.21 bits per heavy atom. The van der Waals surface area contributed by atoms with E-state index in [2.05, 4.69) is 5.32 Å². The number of amides is 3. The number of carbonyl (C=O) groups is 3. The van der Waals surface area contributed by atoms with Crippen molar-refractivity contribution in [1.29, 1.82) is 0 Å². The highest BCUT2D eigenvalue weighted by atomic mass is 32.2. The molecule has 14 heteroatoms. The highest BCUT2D eigenvalue weighted by molar-refractivity contribution is 8.00. The van der Waals surface area contributed by atoms with Crippen LogP contribution in [0.4, 0.5) is 4.79 Å². The van der Waals surface area contributed by atoms with E-state index in [4.69, 9.17) is 9.47 Å². The van der Waals surface area contributed by atoms with Crippen LogP contribution in [0, 0.1) is 6.92 Å². The lowest BCUT2D eigenvalue weighted by Gasteiger charge is -2.39. The Bertz CT molecular complexity index is 1430. The molecule has 0 bridgehead atoms. The molecule has 6 N–H and O–H groups in total. The van der Waals surface area contributed by atoms with E-state index < -0.39 is 47.2 Å². The third-order valence-electron chi connectivity index (χ3n) is 8.77. The minimum atomic E-state index is -1.50. The lowest BCUT2D eigenvalue weighted by Crippen LogP contribution is -2.60. The van der Waals surface area contributed by atoms with Crippen molar-refractivity contribution in [2.75, 3.05) is 39.9 Å². The first-order chi connectivity index (χ1) is 22.7. The van der Waals surface area contributed by atoms with Gasteiger partial charge in [-0.1, -0.05) is 24.3 Å². The van der Waals surface area contributed by atoms with Gasteiger partial charge >= 0.3 is 6.09 Å². The lowest BCUT2D eigenvalue weighted by atomic mass is 9.97. The summed E-state index contributed by atoms with van der Waals surface area (Å²) >= 11 is 1.02. The maximum Gasteiger partial charge on any atom is 0.409 e. The van der Waals surface area contributed by atoms with E-state index in [9.17, 15) is 39.9 Å². The zero-order valence-corrected chi connectivity index (χ0v) is 28.6. The molecule has 0 spiro atoms. The highest BCUT2D eigenvalue weighted by Crippen LogP contribution is 2.38. The van der Waals surface area contributed by atoms with Gasteiger partial charge in [0.05, 0.1) is 25.1 Å². The van der Waals surface area contributed by atoms with Crippen LogP contribution in [0.25, 0.3) is 0 Å². The second-order valence-electron chi connectivity index (χ2n) is 12.8. The Kier molecular flexibility index (Phi) is 12.6. The SMILES string of the molecule is COC(=O)N1CCN(C(=O)C(C)(C)NC(=O)CCCc2ccc(Cc3c(C)cc(O)cc3O[C@@H]3S[C@H](CO)[C@@H](O)[C@H](O)[C@H]3O)cc2)CC1. The number of rotatable bonds is 11. The van der Waals surface area contributed by atoms with Crippen molar-refractivity contribution in [3.8, 4) is 11.5 Å². The molecule has 2 aliphatic heterocycles. The number of nitrogens with one attached hydrogen (secondary N) is 1. The van der Waals surface area contributed by atoms with Crippen LogP contribution in [0.15, 0.2) is 36.4 Å².